The maximum Gasteiger partial charge on any atom is 0.272 e. The number of nitrogens with one attached hydrogen (secondary N) is 1. The number of ether oxygens (including phenoxy) is 1. The number of hydrogen-bond acceptors (Lipinski definition) is 4. The third kappa shape index (κ3) is 2.73. The van der Waals surface area contributed by atoms with Gasteiger partial charge >= 0.3 is 0 Å². The number of aryl methyl sites for hydroxylation is 1. The quantitative estimate of drug-likeness (QED) is 0.741. The number of amides is 1. The van der Waals surface area contributed by atoms with E-state index >= 15 is 0 Å². The van der Waals surface area contributed by atoms with Crippen LogP contribution in [0.5, 0.6) is 11.5 Å². The number of fused-ring (bicyclic) bond motifs is 1. The van der Waals surface area contributed by atoms with E-state index in [-0.39, 0.29) is 17.7 Å². The van der Waals surface area contributed by atoms with Crippen LogP contribution in [0.15, 0.2) is 42.5 Å². The molecule has 0 aliphatic carbocycles. The van der Waals surface area contributed by atoms with E-state index in [2.05, 4.69) is 10.2 Å². The molecule has 3 aromatic rings. The van der Waals surface area contributed by atoms with Crippen LogP contribution in [-0.2, 0) is 0 Å². The lowest BCUT2D eigenvalue weighted by atomic mass is 9.95. The van der Waals surface area contributed by atoms with Crippen molar-refractivity contribution in [1.82, 2.24) is 15.1 Å². The number of hydrogen-bond donors (Lipinski definition) is 2. The van der Waals surface area contributed by atoms with Gasteiger partial charge in [-0.2, -0.15) is 5.10 Å². The minimum absolute atomic E-state index is 0.0822. The number of carbonyl (C=O) groups is 1. The van der Waals surface area contributed by atoms with Gasteiger partial charge in [0.1, 0.15) is 5.69 Å². The molecule has 6 nitrogen and oxygen atoms in total. The first-order valence-corrected chi connectivity index (χ1v) is 8.89. The van der Waals surface area contributed by atoms with Crippen LogP contribution >= 0.6 is 0 Å². The van der Waals surface area contributed by atoms with E-state index in [9.17, 15) is 9.90 Å². The minimum Gasteiger partial charge on any atom is -0.504 e. The van der Waals surface area contributed by atoms with Gasteiger partial charge < -0.3 is 14.7 Å². The second-order valence-electron chi connectivity index (χ2n) is 6.71. The summed E-state index contributed by atoms with van der Waals surface area (Å²) in [5.74, 6) is 0.385. The Morgan fingerprint density at radius 3 is 2.67 bits per heavy atom. The molecule has 138 valence electrons. The van der Waals surface area contributed by atoms with Crippen LogP contribution in [0.4, 0.5) is 0 Å². The smallest absolute Gasteiger partial charge is 0.272 e. The summed E-state index contributed by atoms with van der Waals surface area (Å²) in [6.45, 7) is 4.34. The molecule has 1 aromatic heterocycles. The summed E-state index contributed by atoms with van der Waals surface area (Å²) in [5, 5.41) is 17.3. The fourth-order valence-electron chi connectivity index (χ4n) is 3.56. The van der Waals surface area contributed by atoms with Crippen molar-refractivity contribution in [2.75, 3.05) is 13.7 Å². The van der Waals surface area contributed by atoms with Gasteiger partial charge in [-0.3, -0.25) is 9.89 Å². The molecule has 0 spiro atoms. The summed E-state index contributed by atoms with van der Waals surface area (Å²) in [6.07, 6.45) is 0. The number of aromatic hydroxyl groups is 1. The van der Waals surface area contributed by atoms with Crippen LogP contribution in [0.25, 0.3) is 11.3 Å². The van der Waals surface area contributed by atoms with Crippen molar-refractivity contribution in [3.63, 3.8) is 0 Å². The van der Waals surface area contributed by atoms with Crippen molar-refractivity contribution in [3.05, 3.63) is 64.8 Å². The van der Waals surface area contributed by atoms with Gasteiger partial charge in [-0.05, 0) is 31.5 Å². The Morgan fingerprint density at radius 1 is 1.22 bits per heavy atom. The zero-order valence-electron chi connectivity index (χ0n) is 15.5. The minimum atomic E-state index is -0.303. The zero-order chi connectivity index (χ0) is 19.1. The number of rotatable bonds is 4. The second-order valence-corrected chi connectivity index (χ2v) is 6.71. The van der Waals surface area contributed by atoms with E-state index in [0.717, 1.165) is 27.9 Å². The van der Waals surface area contributed by atoms with Gasteiger partial charge in [0, 0.05) is 18.2 Å². The van der Waals surface area contributed by atoms with Crippen LogP contribution in [0, 0.1) is 6.92 Å². The molecular weight excluding hydrogens is 342 g/mol. The normalized spacial score (nSPS) is 15.9. The van der Waals surface area contributed by atoms with Gasteiger partial charge in [-0.15, -0.1) is 0 Å². The predicted molar refractivity (Wildman–Crippen MR) is 102 cm³/mol. The van der Waals surface area contributed by atoms with Gasteiger partial charge in [-0.25, -0.2) is 0 Å². The highest BCUT2D eigenvalue weighted by atomic mass is 16.5. The summed E-state index contributed by atoms with van der Waals surface area (Å²) >= 11 is 0. The Morgan fingerprint density at radius 2 is 1.96 bits per heavy atom. The maximum absolute atomic E-state index is 12.7. The lowest BCUT2D eigenvalue weighted by molar-refractivity contribution is 0.0787. The molecule has 1 atom stereocenters. The number of phenolic OH excluding ortho intramolecular Hbond substituents is 1. The number of H-pyrrole nitrogens is 1. The zero-order valence-corrected chi connectivity index (χ0v) is 15.5. The lowest BCUT2D eigenvalue weighted by Crippen LogP contribution is -2.24. The molecular formula is C21H21N3O3. The molecule has 6 heteroatoms. The van der Waals surface area contributed by atoms with Crippen LogP contribution in [0.2, 0.25) is 0 Å². The van der Waals surface area contributed by atoms with Gasteiger partial charge in [0.05, 0.1) is 18.3 Å². The molecule has 1 unspecified atom stereocenters. The average Bonchev–Trinajstić information content (AvgIpc) is 3.18. The predicted octanol–water partition coefficient (Wildman–Crippen LogP) is 3.66. The molecule has 0 bridgehead atoms. The molecule has 2 heterocycles. The molecule has 2 N–H and O–H groups in total. The highest BCUT2D eigenvalue weighted by Gasteiger charge is 2.40. The van der Waals surface area contributed by atoms with E-state index in [1.54, 1.807) is 24.1 Å². The molecule has 1 aliphatic rings. The highest BCUT2D eigenvalue weighted by Crippen LogP contribution is 2.43. The van der Waals surface area contributed by atoms with E-state index in [1.807, 2.05) is 44.2 Å². The number of nitrogens with zero attached hydrogens (tertiary/aromatic N) is 2. The van der Waals surface area contributed by atoms with Crippen molar-refractivity contribution in [1.29, 1.82) is 0 Å². The van der Waals surface area contributed by atoms with Gasteiger partial charge in [0.15, 0.2) is 11.5 Å². The van der Waals surface area contributed by atoms with E-state index in [4.69, 9.17) is 4.74 Å². The summed E-state index contributed by atoms with van der Waals surface area (Å²) in [6, 6.07) is 13.0. The molecule has 2 aromatic carbocycles. The van der Waals surface area contributed by atoms with Gasteiger partial charge in [0.2, 0.25) is 0 Å². The Hall–Kier alpha value is -3.28. The van der Waals surface area contributed by atoms with Crippen molar-refractivity contribution < 1.29 is 14.6 Å². The number of carbonyl (C=O) groups excluding carboxylic acids is 1. The first kappa shape index (κ1) is 17.1. The fourth-order valence-corrected chi connectivity index (χ4v) is 3.56. The molecule has 0 radical (unpaired) electrons. The van der Waals surface area contributed by atoms with Crippen molar-refractivity contribution >= 4 is 5.91 Å². The molecule has 27 heavy (non-hydrogen) atoms. The third-order valence-corrected chi connectivity index (χ3v) is 4.92. The number of aromatic nitrogens is 2. The molecule has 4 rings (SSSR count). The SMILES string of the molecule is CCOc1cc(C2c3c(-c4ccc(C)cc4)n[nH]c3C(=O)N2C)ccc1O. The maximum atomic E-state index is 12.7. The highest BCUT2D eigenvalue weighted by molar-refractivity contribution is 6.00. The standard InChI is InChI=1S/C21H21N3O3/c1-4-27-16-11-14(9-10-15(16)25)20-17-18(13-7-5-12(2)6-8-13)22-23-19(17)21(26)24(20)3/h5-11,20,25H,4H2,1-3H3,(H,22,23). The number of phenols is 1. The van der Waals surface area contributed by atoms with Crippen molar-refractivity contribution in [2.45, 2.75) is 19.9 Å². The molecule has 0 saturated heterocycles. The van der Waals surface area contributed by atoms with Crippen LogP contribution < -0.4 is 4.74 Å². The molecule has 1 aliphatic heterocycles. The van der Waals surface area contributed by atoms with Crippen LogP contribution in [0.1, 0.15) is 40.1 Å². The summed E-state index contributed by atoms with van der Waals surface area (Å²) < 4.78 is 5.52. The van der Waals surface area contributed by atoms with Gasteiger partial charge in [0.25, 0.3) is 5.91 Å². The van der Waals surface area contributed by atoms with Crippen molar-refractivity contribution in [3.8, 4) is 22.8 Å². The van der Waals surface area contributed by atoms with Crippen LogP contribution in [0.3, 0.4) is 0 Å². The third-order valence-electron chi connectivity index (χ3n) is 4.92. The fraction of sp³-hybridized carbons (Fsp3) is 0.238. The first-order valence-electron chi connectivity index (χ1n) is 8.89. The summed E-state index contributed by atoms with van der Waals surface area (Å²) in [5.41, 5.74) is 5.09. The Bertz CT molecular complexity index is 1010. The van der Waals surface area contributed by atoms with E-state index in [0.29, 0.717) is 18.1 Å². The van der Waals surface area contributed by atoms with Crippen LogP contribution in [-0.4, -0.2) is 39.8 Å². The lowest BCUT2D eigenvalue weighted by Gasteiger charge is -2.22. The summed E-state index contributed by atoms with van der Waals surface area (Å²) in [4.78, 5) is 14.4. The average molecular weight is 363 g/mol. The van der Waals surface area contributed by atoms with Crippen molar-refractivity contribution in [2.24, 2.45) is 0 Å². The number of benzene rings is 2. The monoisotopic (exact) mass is 363 g/mol. The largest absolute Gasteiger partial charge is 0.504 e. The van der Waals surface area contributed by atoms with E-state index in [1.165, 1.54) is 0 Å². The topological polar surface area (TPSA) is 78.5 Å². The second kappa shape index (κ2) is 6.46. The molecule has 1 amide bonds. The van der Waals surface area contributed by atoms with Gasteiger partial charge in [-0.1, -0.05) is 35.9 Å². The Balaban J connectivity index is 1.85. The Kier molecular flexibility index (Phi) is 4.11. The molecule has 0 fully saturated rings. The first-order chi connectivity index (χ1) is 13.0. The number of aromatic amines is 1. The Labute approximate surface area is 157 Å². The summed E-state index contributed by atoms with van der Waals surface area (Å²) in [7, 11) is 1.77. The van der Waals surface area contributed by atoms with E-state index < -0.39 is 0 Å². The molecule has 0 saturated carbocycles.